The Morgan fingerprint density at radius 2 is 1.70 bits per heavy atom. The number of thiazole rings is 1. The minimum Gasteiger partial charge on any atom is -0.381 e. The van der Waals surface area contributed by atoms with Gasteiger partial charge in [-0.2, -0.15) is 5.10 Å². The zero-order chi connectivity index (χ0) is 20.3. The van der Waals surface area contributed by atoms with Gasteiger partial charge in [-0.15, -0.1) is 11.3 Å². The second-order valence-corrected chi connectivity index (χ2v) is 8.01. The number of hydrogen-bond donors (Lipinski definition) is 1. The smallest absolute Gasteiger partial charge is 0.211 e. The Balaban J connectivity index is 1.59. The maximum Gasteiger partial charge on any atom is 0.211 e. The summed E-state index contributed by atoms with van der Waals surface area (Å²) in [6.07, 6.45) is 0.922. The molecule has 0 unspecified atom stereocenters. The molecule has 1 N–H and O–H groups in total. The van der Waals surface area contributed by atoms with Crippen molar-refractivity contribution in [2.45, 2.75) is 19.9 Å². The van der Waals surface area contributed by atoms with Crippen molar-refractivity contribution in [3.63, 3.8) is 0 Å². The van der Waals surface area contributed by atoms with E-state index in [2.05, 4.69) is 84.4 Å². The van der Waals surface area contributed by atoms with Crippen LogP contribution in [0.4, 0.5) is 5.69 Å². The average Bonchev–Trinajstić information content (AvgIpc) is 3.43. The first kappa shape index (κ1) is 18.6. The minimum absolute atomic E-state index is 0.781. The molecular weight excluding hydrogens is 388 g/mol. The van der Waals surface area contributed by atoms with Crippen molar-refractivity contribution in [1.82, 2.24) is 14.8 Å². The number of benzene rings is 3. The van der Waals surface area contributed by atoms with E-state index in [0.717, 1.165) is 51.6 Å². The fraction of sp³-hybridized carbons (Fsp3) is 0.120. The van der Waals surface area contributed by atoms with Gasteiger partial charge in [0.2, 0.25) is 5.13 Å². The summed E-state index contributed by atoms with van der Waals surface area (Å²) in [6, 6.07) is 27.2. The van der Waals surface area contributed by atoms with Crippen LogP contribution in [0.3, 0.4) is 0 Å². The highest BCUT2D eigenvalue weighted by Gasteiger charge is 2.16. The molecule has 0 spiro atoms. The molecule has 3 aromatic carbocycles. The Morgan fingerprint density at radius 3 is 2.43 bits per heavy atom. The van der Waals surface area contributed by atoms with Gasteiger partial charge in [-0.25, -0.2) is 9.67 Å². The number of fused-ring (bicyclic) bond motifs is 1. The topological polar surface area (TPSA) is 42.7 Å². The maximum atomic E-state index is 4.97. The zero-order valence-corrected chi connectivity index (χ0v) is 17.6. The third-order valence-electron chi connectivity index (χ3n) is 5.15. The Hall–Kier alpha value is -3.44. The lowest BCUT2D eigenvalue weighted by molar-refractivity contribution is 0.889. The molecule has 0 aliphatic carbocycles. The van der Waals surface area contributed by atoms with Crippen LogP contribution in [0.5, 0.6) is 0 Å². The van der Waals surface area contributed by atoms with Gasteiger partial charge in [0.15, 0.2) is 0 Å². The minimum atomic E-state index is 0.781. The maximum absolute atomic E-state index is 4.97. The molecule has 30 heavy (non-hydrogen) atoms. The van der Waals surface area contributed by atoms with Gasteiger partial charge in [0.1, 0.15) is 5.69 Å². The summed E-state index contributed by atoms with van der Waals surface area (Å²) >= 11 is 1.64. The lowest BCUT2D eigenvalue weighted by Gasteiger charge is -2.07. The number of nitrogens with one attached hydrogen (secondary N) is 1. The van der Waals surface area contributed by atoms with Crippen molar-refractivity contribution in [3.8, 4) is 16.4 Å². The van der Waals surface area contributed by atoms with Gasteiger partial charge in [-0.3, -0.25) is 0 Å². The fourth-order valence-electron chi connectivity index (χ4n) is 3.54. The molecule has 0 aliphatic heterocycles. The third-order valence-corrected chi connectivity index (χ3v) is 6.02. The zero-order valence-electron chi connectivity index (χ0n) is 16.7. The van der Waals surface area contributed by atoms with Crippen LogP contribution in [-0.2, 0) is 13.0 Å². The molecule has 2 aromatic heterocycles. The second kappa shape index (κ2) is 8.13. The molecule has 0 aliphatic rings. The van der Waals surface area contributed by atoms with Crippen LogP contribution >= 0.6 is 11.3 Å². The summed E-state index contributed by atoms with van der Waals surface area (Å²) in [7, 11) is 0. The van der Waals surface area contributed by atoms with Crippen molar-refractivity contribution in [2.24, 2.45) is 0 Å². The molecule has 0 saturated carbocycles. The first-order chi connectivity index (χ1) is 14.8. The van der Waals surface area contributed by atoms with E-state index in [-0.39, 0.29) is 0 Å². The van der Waals surface area contributed by atoms with Gasteiger partial charge in [0.25, 0.3) is 0 Å². The first-order valence-corrected chi connectivity index (χ1v) is 11.0. The molecule has 0 bridgehead atoms. The van der Waals surface area contributed by atoms with E-state index in [0.29, 0.717) is 0 Å². The Morgan fingerprint density at radius 1 is 0.933 bits per heavy atom. The molecule has 5 heteroatoms. The molecule has 4 nitrogen and oxygen atoms in total. The molecule has 2 heterocycles. The van der Waals surface area contributed by atoms with Gasteiger partial charge >= 0.3 is 0 Å². The number of hydrogen-bond acceptors (Lipinski definition) is 4. The first-order valence-electron chi connectivity index (χ1n) is 10.1. The number of aromatic nitrogens is 3. The Kier molecular flexibility index (Phi) is 5.03. The van der Waals surface area contributed by atoms with Gasteiger partial charge in [-0.05, 0) is 30.2 Å². The van der Waals surface area contributed by atoms with E-state index in [1.54, 1.807) is 11.3 Å². The van der Waals surface area contributed by atoms with Crippen molar-refractivity contribution in [2.75, 3.05) is 5.32 Å². The molecule has 0 atom stereocenters. The number of rotatable bonds is 6. The SMILES string of the molecule is CCc1csc(-n2nc(-c3ccccc3)c3ccc(NCc4ccccc4)cc32)n1. The summed E-state index contributed by atoms with van der Waals surface area (Å²) in [6.45, 7) is 2.91. The van der Waals surface area contributed by atoms with Crippen LogP contribution in [0.15, 0.2) is 84.2 Å². The van der Waals surface area contributed by atoms with Crippen LogP contribution in [0.2, 0.25) is 0 Å². The predicted molar refractivity (Wildman–Crippen MR) is 125 cm³/mol. The van der Waals surface area contributed by atoms with Crippen molar-refractivity contribution in [3.05, 3.63) is 95.5 Å². The summed E-state index contributed by atoms with van der Waals surface area (Å²) < 4.78 is 1.98. The second-order valence-electron chi connectivity index (χ2n) is 7.17. The van der Waals surface area contributed by atoms with Crippen molar-refractivity contribution < 1.29 is 0 Å². The number of anilines is 1. The molecular formula is C25H22N4S. The standard InChI is InChI=1S/C25H22N4S/c1-2-20-17-30-25(27-20)29-23-15-21(26-16-18-9-5-3-6-10-18)13-14-22(23)24(28-29)19-11-7-4-8-12-19/h3-15,17,26H,2,16H2,1H3. The lowest BCUT2D eigenvalue weighted by Crippen LogP contribution is -2.00. The third kappa shape index (κ3) is 3.60. The lowest BCUT2D eigenvalue weighted by atomic mass is 10.1. The van der Waals surface area contributed by atoms with Crippen LogP contribution in [0, 0.1) is 0 Å². The van der Waals surface area contributed by atoms with E-state index < -0.39 is 0 Å². The monoisotopic (exact) mass is 410 g/mol. The van der Waals surface area contributed by atoms with Gasteiger partial charge in [-0.1, -0.05) is 67.6 Å². The predicted octanol–water partition coefficient (Wildman–Crippen LogP) is 6.32. The number of aryl methyl sites for hydroxylation is 1. The molecule has 0 radical (unpaired) electrons. The molecule has 0 saturated heterocycles. The van der Waals surface area contributed by atoms with Gasteiger partial charge < -0.3 is 5.32 Å². The Bertz CT molecular complexity index is 1270. The number of nitrogens with zero attached hydrogens (tertiary/aromatic N) is 3. The highest BCUT2D eigenvalue weighted by Crippen LogP contribution is 2.32. The summed E-state index contributed by atoms with van der Waals surface area (Å²) in [5.74, 6) is 0. The van der Waals surface area contributed by atoms with Crippen LogP contribution in [0.1, 0.15) is 18.2 Å². The van der Waals surface area contributed by atoms with Crippen molar-refractivity contribution >= 4 is 27.9 Å². The van der Waals surface area contributed by atoms with Gasteiger partial charge in [0.05, 0.1) is 11.2 Å². The van der Waals surface area contributed by atoms with E-state index >= 15 is 0 Å². The largest absolute Gasteiger partial charge is 0.381 e. The van der Waals surface area contributed by atoms with Crippen LogP contribution in [-0.4, -0.2) is 14.8 Å². The van der Waals surface area contributed by atoms with Crippen molar-refractivity contribution in [1.29, 1.82) is 0 Å². The van der Waals surface area contributed by atoms with E-state index in [1.165, 1.54) is 5.56 Å². The molecule has 0 fully saturated rings. The molecule has 0 amide bonds. The van der Waals surface area contributed by atoms with E-state index in [4.69, 9.17) is 10.1 Å². The highest BCUT2D eigenvalue weighted by atomic mass is 32.1. The summed E-state index contributed by atoms with van der Waals surface area (Å²) in [4.78, 5) is 4.78. The normalized spacial score (nSPS) is 11.1. The average molecular weight is 411 g/mol. The quantitative estimate of drug-likeness (QED) is 0.356. The molecule has 148 valence electrons. The molecule has 5 rings (SSSR count). The van der Waals surface area contributed by atoms with E-state index in [9.17, 15) is 0 Å². The van der Waals surface area contributed by atoms with Crippen LogP contribution in [0.25, 0.3) is 27.3 Å². The highest BCUT2D eigenvalue weighted by molar-refractivity contribution is 7.12. The van der Waals surface area contributed by atoms with Crippen LogP contribution < -0.4 is 5.32 Å². The summed E-state index contributed by atoms with van der Waals surface area (Å²) in [5, 5.41) is 12.7. The summed E-state index contributed by atoms with van der Waals surface area (Å²) in [5.41, 5.74) is 6.57. The van der Waals surface area contributed by atoms with E-state index in [1.807, 2.05) is 16.8 Å². The molecule has 5 aromatic rings. The van der Waals surface area contributed by atoms with Gasteiger partial charge in [0, 0.05) is 28.6 Å². The fourth-order valence-corrected chi connectivity index (χ4v) is 4.41. The Labute approximate surface area is 179 Å².